The number of non-ortho nitro benzene ring substituents is 1. The number of ether oxygens (including phenoxy) is 1. The number of hydrogen-bond donors (Lipinski definition) is 2. The minimum atomic E-state index is -3.08. The molecule has 0 fully saturated rings. The lowest BCUT2D eigenvalue weighted by atomic mass is 10.2. The van der Waals surface area contributed by atoms with Crippen LogP contribution in [0.25, 0.3) is 0 Å². The molecule has 0 aromatic heterocycles. The summed E-state index contributed by atoms with van der Waals surface area (Å²) in [6, 6.07) is 3.92. The zero-order valence-electron chi connectivity index (χ0n) is 14.3. The molecule has 1 rings (SSSR count). The predicted octanol–water partition coefficient (Wildman–Crippen LogP) is 3.22. The molecule has 0 aliphatic rings. The molecule has 0 saturated heterocycles. The summed E-state index contributed by atoms with van der Waals surface area (Å²) < 4.78 is 25.6. The third-order valence-corrected chi connectivity index (χ3v) is 5.03. The summed E-state index contributed by atoms with van der Waals surface area (Å²) in [5.74, 6) is 0.0431. The van der Waals surface area contributed by atoms with Crippen molar-refractivity contribution < 1.29 is 18.7 Å². The molecule has 24 heavy (non-hydrogen) atoms. The summed E-state index contributed by atoms with van der Waals surface area (Å²) >= 11 is 0. The zero-order chi connectivity index (χ0) is 18.5. The molecule has 8 nitrogen and oxygen atoms in total. The first kappa shape index (κ1) is 19.9. The van der Waals surface area contributed by atoms with E-state index < -0.39 is 26.3 Å². The fourth-order valence-electron chi connectivity index (χ4n) is 2.01. The Morgan fingerprint density at radius 2 is 2.04 bits per heavy atom. The lowest BCUT2D eigenvalue weighted by Crippen LogP contribution is -2.33. The average Bonchev–Trinajstić information content (AvgIpc) is 2.41. The SMILES string of the molecule is Cc1cc([N+](=O)[O-])ccc1S(=N)(=O)CCCNC(=O)OC(C)(C)C. The number of aryl methyl sites for hydroxylation is 1. The van der Waals surface area contributed by atoms with Crippen LogP contribution in [0.2, 0.25) is 0 Å². The number of carbonyl (C=O) groups is 1. The Morgan fingerprint density at radius 3 is 2.54 bits per heavy atom. The van der Waals surface area contributed by atoms with E-state index in [1.165, 1.54) is 18.2 Å². The third-order valence-electron chi connectivity index (χ3n) is 3.00. The van der Waals surface area contributed by atoms with Gasteiger partial charge in [-0.05, 0) is 45.7 Å². The van der Waals surface area contributed by atoms with Gasteiger partial charge in [0.2, 0.25) is 0 Å². The Hall–Kier alpha value is -2.16. The van der Waals surface area contributed by atoms with E-state index in [2.05, 4.69) is 5.32 Å². The van der Waals surface area contributed by atoms with Gasteiger partial charge in [-0.3, -0.25) is 10.1 Å². The normalized spacial score (nSPS) is 13.8. The van der Waals surface area contributed by atoms with Crippen molar-refractivity contribution in [2.24, 2.45) is 0 Å². The molecule has 0 spiro atoms. The fraction of sp³-hybridized carbons (Fsp3) is 0.533. The Balaban J connectivity index is 2.62. The number of nitro groups is 1. The molecule has 0 aliphatic carbocycles. The van der Waals surface area contributed by atoms with Crippen LogP contribution in [-0.4, -0.2) is 33.1 Å². The highest BCUT2D eigenvalue weighted by atomic mass is 32.2. The number of rotatable bonds is 6. The summed E-state index contributed by atoms with van der Waals surface area (Å²) in [5.41, 5.74) is -0.245. The van der Waals surface area contributed by atoms with Crippen LogP contribution in [0.3, 0.4) is 0 Å². The maximum atomic E-state index is 12.5. The summed E-state index contributed by atoms with van der Waals surface area (Å²) in [7, 11) is -3.08. The van der Waals surface area contributed by atoms with Crippen molar-refractivity contribution in [2.75, 3.05) is 12.3 Å². The van der Waals surface area contributed by atoms with E-state index in [0.717, 1.165) is 0 Å². The lowest BCUT2D eigenvalue weighted by Gasteiger charge is -2.19. The summed E-state index contributed by atoms with van der Waals surface area (Å²) in [6.45, 7) is 7.08. The molecule has 2 N–H and O–H groups in total. The molecule has 0 heterocycles. The van der Waals surface area contributed by atoms with Gasteiger partial charge in [0, 0.05) is 24.4 Å². The van der Waals surface area contributed by atoms with Gasteiger partial charge in [0.05, 0.1) is 19.5 Å². The highest BCUT2D eigenvalue weighted by Gasteiger charge is 2.18. The van der Waals surface area contributed by atoms with Crippen LogP contribution in [-0.2, 0) is 14.5 Å². The summed E-state index contributed by atoms with van der Waals surface area (Å²) in [6.07, 6.45) is -0.233. The standard InChI is InChI=1S/C15H23N3O5S/c1-11-10-12(18(20)21)6-7-13(11)24(16,22)9-5-8-17-14(19)23-15(2,3)4/h6-7,10,16H,5,8-9H2,1-4H3,(H,17,19). The first-order chi connectivity index (χ1) is 10.9. The number of hydrogen-bond acceptors (Lipinski definition) is 6. The van der Waals surface area contributed by atoms with Gasteiger partial charge < -0.3 is 10.1 Å². The van der Waals surface area contributed by atoms with Gasteiger partial charge in [-0.25, -0.2) is 13.8 Å². The topological polar surface area (TPSA) is 122 Å². The molecule has 0 bridgehead atoms. The highest BCUT2D eigenvalue weighted by molar-refractivity contribution is 7.92. The van der Waals surface area contributed by atoms with Crippen molar-refractivity contribution >= 4 is 21.5 Å². The van der Waals surface area contributed by atoms with Crippen molar-refractivity contribution in [3.8, 4) is 0 Å². The van der Waals surface area contributed by atoms with Crippen molar-refractivity contribution in [2.45, 2.75) is 44.6 Å². The quantitative estimate of drug-likeness (QED) is 0.460. The van der Waals surface area contributed by atoms with Gasteiger partial charge in [-0.2, -0.15) is 0 Å². The molecule has 1 amide bonds. The Bertz CT molecular complexity index is 723. The molecule has 0 radical (unpaired) electrons. The number of nitrogens with zero attached hydrogens (tertiary/aromatic N) is 1. The van der Waals surface area contributed by atoms with Crippen LogP contribution < -0.4 is 5.32 Å². The van der Waals surface area contributed by atoms with Crippen LogP contribution >= 0.6 is 0 Å². The fourth-order valence-corrected chi connectivity index (χ4v) is 3.64. The van der Waals surface area contributed by atoms with Crippen LogP contribution in [0.1, 0.15) is 32.8 Å². The number of amides is 1. The second-order valence-corrected chi connectivity index (χ2v) is 8.57. The van der Waals surface area contributed by atoms with E-state index in [0.29, 0.717) is 12.0 Å². The van der Waals surface area contributed by atoms with E-state index in [9.17, 15) is 19.1 Å². The molecule has 1 aromatic carbocycles. The molecule has 1 atom stereocenters. The monoisotopic (exact) mass is 357 g/mol. The molecular weight excluding hydrogens is 334 g/mol. The molecular formula is C15H23N3O5S. The van der Waals surface area contributed by atoms with Crippen LogP contribution in [0.5, 0.6) is 0 Å². The molecule has 134 valence electrons. The van der Waals surface area contributed by atoms with Gasteiger partial charge >= 0.3 is 6.09 Å². The van der Waals surface area contributed by atoms with Gasteiger partial charge in [0.1, 0.15) is 5.60 Å². The van der Waals surface area contributed by atoms with Gasteiger partial charge in [0.25, 0.3) is 5.69 Å². The number of benzene rings is 1. The second-order valence-electron chi connectivity index (χ2n) is 6.37. The van der Waals surface area contributed by atoms with Crippen molar-refractivity contribution in [3.05, 3.63) is 33.9 Å². The van der Waals surface area contributed by atoms with E-state index in [4.69, 9.17) is 9.52 Å². The van der Waals surface area contributed by atoms with E-state index in [1.807, 2.05) is 0 Å². The maximum Gasteiger partial charge on any atom is 0.407 e. The largest absolute Gasteiger partial charge is 0.444 e. The number of nitrogens with one attached hydrogen (secondary N) is 2. The Labute approximate surface area is 141 Å². The highest BCUT2D eigenvalue weighted by Crippen LogP contribution is 2.22. The number of carbonyl (C=O) groups excluding carboxylic acids is 1. The molecule has 1 unspecified atom stereocenters. The van der Waals surface area contributed by atoms with Crippen LogP contribution in [0.4, 0.5) is 10.5 Å². The van der Waals surface area contributed by atoms with E-state index in [-0.39, 0.29) is 22.9 Å². The molecule has 9 heteroatoms. The predicted molar refractivity (Wildman–Crippen MR) is 90.7 cm³/mol. The second kappa shape index (κ2) is 7.61. The Morgan fingerprint density at radius 1 is 1.42 bits per heavy atom. The number of nitro benzene ring substituents is 1. The van der Waals surface area contributed by atoms with Crippen molar-refractivity contribution in [1.29, 1.82) is 4.78 Å². The summed E-state index contributed by atoms with van der Waals surface area (Å²) in [5, 5.41) is 13.3. The smallest absolute Gasteiger partial charge is 0.407 e. The van der Waals surface area contributed by atoms with Crippen molar-refractivity contribution in [1.82, 2.24) is 5.32 Å². The van der Waals surface area contributed by atoms with Gasteiger partial charge in [-0.1, -0.05) is 0 Å². The van der Waals surface area contributed by atoms with Crippen LogP contribution in [0, 0.1) is 21.8 Å². The zero-order valence-corrected chi connectivity index (χ0v) is 15.1. The first-order valence-electron chi connectivity index (χ1n) is 7.41. The average molecular weight is 357 g/mol. The Kier molecular flexibility index (Phi) is 6.30. The first-order valence-corrected chi connectivity index (χ1v) is 9.13. The minimum Gasteiger partial charge on any atom is -0.444 e. The molecule has 1 aromatic rings. The molecule has 0 saturated carbocycles. The minimum absolute atomic E-state index is 0.0431. The maximum absolute atomic E-state index is 12.5. The van der Waals surface area contributed by atoms with Crippen LogP contribution in [0.15, 0.2) is 23.1 Å². The van der Waals surface area contributed by atoms with Gasteiger partial charge in [0.15, 0.2) is 0 Å². The molecule has 0 aliphatic heterocycles. The third kappa shape index (κ3) is 6.15. The lowest BCUT2D eigenvalue weighted by molar-refractivity contribution is -0.385. The van der Waals surface area contributed by atoms with E-state index in [1.54, 1.807) is 27.7 Å². The number of alkyl carbamates (subject to hydrolysis) is 1. The van der Waals surface area contributed by atoms with E-state index >= 15 is 0 Å². The van der Waals surface area contributed by atoms with Gasteiger partial charge in [-0.15, -0.1) is 0 Å². The van der Waals surface area contributed by atoms with Crippen molar-refractivity contribution in [3.63, 3.8) is 0 Å². The summed E-state index contributed by atoms with van der Waals surface area (Å²) in [4.78, 5) is 22.0.